The Kier molecular flexibility index (Phi) is 8.37. The van der Waals surface area contributed by atoms with E-state index in [9.17, 15) is 14.4 Å². The minimum Gasteiger partial charge on any atom is -0.494 e. The van der Waals surface area contributed by atoms with Gasteiger partial charge in [-0.05, 0) is 68.1 Å². The molecule has 1 unspecified atom stereocenters. The number of imide groups is 1. The monoisotopic (exact) mass is 548 g/mol. The van der Waals surface area contributed by atoms with Gasteiger partial charge in [-0.2, -0.15) is 0 Å². The Bertz CT molecular complexity index is 1390. The van der Waals surface area contributed by atoms with Crippen LogP contribution in [0.5, 0.6) is 5.75 Å². The van der Waals surface area contributed by atoms with Crippen LogP contribution in [-0.4, -0.2) is 65.3 Å². The molecule has 1 aromatic heterocycles. The van der Waals surface area contributed by atoms with Crippen molar-refractivity contribution in [3.05, 3.63) is 64.8 Å². The highest BCUT2D eigenvalue weighted by Gasteiger charge is 2.30. The average molecular weight is 549 g/mol. The van der Waals surface area contributed by atoms with Crippen LogP contribution < -0.4 is 10.2 Å². The molecule has 2 fully saturated rings. The van der Waals surface area contributed by atoms with Crippen molar-refractivity contribution in [2.75, 3.05) is 26.8 Å². The maximum atomic E-state index is 12.9. The maximum absolute atomic E-state index is 12.9. The normalized spacial score (nSPS) is 17.9. The van der Waals surface area contributed by atoms with Crippen LogP contribution in [0.25, 0.3) is 10.9 Å². The van der Waals surface area contributed by atoms with Crippen molar-refractivity contribution in [1.82, 2.24) is 19.8 Å². The van der Waals surface area contributed by atoms with E-state index in [1.165, 1.54) is 11.9 Å². The first-order valence-electron chi connectivity index (χ1n) is 13.8. The third-order valence-corrected chi connectivity index (χ3v) is 7.58. The number of aromatic nitrogens is 1. The summed E-state index contributed by atoms with van der Waals surface area (Å²) in [5.74, 6) is 0.299. The van der Waals surface area contributed by atoms with E-state index in [4.69, 9.17) is 14.3 Å². The second-order valence-corrected chi connectivity index (χ2v) is 10.2. The number of amides is 4. The Labute approximate surface area is 233 Å². The van der Waals surface area contributed by atoms with Gasteiger partial charge in [0.2, 0.25) is 5.91 Å². The second kappa shape index (κ2) is 12.1. The van der Waals surface area contributed by atoms with Crippen molar-refractivity contribution in [2.45, 2.75) is 58.9 Å². The molecule has 0 aliphatic carbocycles. The van der Waals surface area contributed by atoms with E-state index >= 15 is 0 Å². The van der Waals surface area contributed by atoms with Crippen LogP contribution in [0, 0.1) is 6.92 Å². The van der Waals surface area contributed by atoms with Crippen molar-refractivity contribution < 1.29 is 28.7 Å². The predicted octanol–water partition coefficient (Wildman–Crippen LogP) is 4.37. The van der Waals surface area contributed by atoms with Gasteiger partial charge in [-0.1, -0.05) is 12.1 Å². The Morgan fingerprint density at radius 1 is 1.10 bits per heavy atom. The molecule has 10 nitrogen and oxygen atoms in total. The molecule has 0 saturated carbocycles. The molecule has 0 radical (unpaired) electrons. The number of rotatable bonds is 9. The highest BCUT2D eigenvalue weighted by molar-refractivity contribution is 5.96. The van der Waals surface area contributed by atoms with Crippen molar-refractivity contribution in [2.24, 2.45) is 0 Å². The first-order chi connectivity index (χ1) is 19.4. The quantitative estimate of drug-likeness (QED) is 0.399. The lowest BCUT2D eigenvalue weighted by Gasteiger charge is -2.32. The topological polar surface area (TPSA) is 102 Å². The number of ether oxygens (including phenoxy) is 2. The minimum absolute atomic E-state index is 0.166. The SMILES string of the molecule is CCOc1ccc2c(c1)c(C)c(CN1CCC(=O)N(C)C1=O)n2Cc1ccc(C(=O)NOC2CCCCO2)cc1. The lowest BCUT2D eigenvalue weighted by Crippen LogP contribution is -2.50. The van der Waals surface area contributed by atoms with Gasteiger partial charge in [-0.15, -0.1) is 0 Å². The number of carbonyl (C=O) groups is 3. The molecule has 2 aliphatic rings. The lowest BCUT2D eigenvalue weighted by atomic mass is 10.1. The van der Waals surface area contributed by atoms with E-state index in [-0.39, 0.29) is 17.8 Å². The van der Waals surface area contributed by atoms with Gasteiger partial charge in [0, 0.05) is 61.7 Å². The Balaban J connectivity index is 1.38. The molecule has 5 rings (SSSR count). The largest absolute Gasteiger partial charge is 0.494 e. The number of urea groups is 1. The highest BCUT2D eigenvalue weighted by Crippen LogP contribution is 2.31. The zero-order chi connectivity index (χ0) is 28.2. The molecule has 4 amide bonds. The van der Waals surface area contributed by atoms with E-state index in [1.807, 2.05) is 37.3 Å². The molecule has 1 atom stereocenters. The number of hydroxylamine groups is 1. The molecule has 2 aliphatic heterocycles. The molecule has 1 N–H and O–H groups in total. The fourth-order valence-corrected chi connectivity index (χ4v) is 5.26. The Hall–Kier alpha value is -3.89. The van der Waals surface area contributed by atoms with Gasteiger partial charge in [0.25, 0.3) is 5.91 Å². The standard InChI is InChI=1S/C30H36N4O6/c1-4-38-23-12-13-25-24(17-23)20(2)26(19-33-15-14-27(35)32(3)30(33)37)34(25)18-21-8-10-22(11-9-21)29(36)31-40-28-7-5-6-16-39-28/h8-13,17,28H,4-7,14-16,18-19H2,1-3H3,(H,31,36). The van der Waals surface area contributed by atoms with Crippen LogP contribution >= 0.6 is 0 Å². The van der Waals surface area contributed by atoms with Crippen molar-refractivity contribution in [3.8, 4) is 5.75 Å². The number of nitrogens with zero attached hydrogens (tertiary/aromatic N) is 3. The summed E-state index contributed by atoms with van der Waals surface area (Å²) < 4.78 is 13.4. The summed E-state index contributed by atoms with van der Waals surface area (Å²) >= 11 is 0. The summed E-state index contributed by atoms with van der Waals surface area (Å²) in [4.78, 5) is 45.8. The molecular weight excluding hydrogens is 512 g/mol. The molecule has 3 heterocycles. The summed E-state index contributed by atoms with van der Waals surface area (Å²) in [6.07, 6.45) is 2.67. The van der Waals surface area contributed by atoms with E-state index in [1.54, 1.807) is 17.0 Å². The van der Waals surface area contributed by atoms with E-state index in [2.05, 4.69) is 17.0 Å². The van der Waals surface area contributed by atoms with Crippen LogP contribution in [0.1, 0.15) is 59.8 Å². The number of hydrogen-bond donors (Lipinski definition) is 1. The number of hydrogen-bond acceptors (Lipinski definition) is 6. The molecule has 40 heavy (non-hydrogen) atoms. The number of nitrogens with one attached hydrogen (secondary N) is 1. The summed E-state index contributed by atoms with van der Waals surface area (Å²) in [5.41, 5.74) is 7.05. The van der Waals surface area contributed by atoms with Crippen LogP contribution in [-0.2, 0) is 27.5 Å². The number of fused-ring (bicyclic) bond motifs is 1. The molecule has 0 bridgehead atoms. The third-order valence-electron chi connectivity index (χ3n) is 7.58. The fourth-order valence-electron chi connectivity index (χ4n) is 5.26. The Morgan fingerprint density at radius 2 is 1.90 bits per heavy atom. The van der Waals surface area contributed by atoms with Gasteiger partial charge in [-0.25, -0.2) is 15.1 Å². The maximum Gasteiger partial charge on any atom is 0.326 e. The van der Waals surface area contributed by atoms with Gasteiger partial charge in [0.15, 0.2) is 6.29 Å². The summed E-state index contributed by atoms with van der Waals surface area (Å²) in [5, 5.41) is 1.05. The predicted molar refractivity (Wildman–Crippen MR) is 149 cm³/mol. The number of carbonyl (C=O) groups excluding carboxylic acids is 3. The second-order valence-electron chi connectivity index (χ2n) is 10.2. The Morgan fingerprint density at radius 3 is 2.62 bits per heavy atom. The first kappa shape index (κ1) is 27.7. The van der Waals surface area contributed by atoms with Crippen LogP contribution in [0.3, 0.4) is 0 Å². The highest BCUT2D eigenvalue weighted by atomic mass is 16.8. The first-order valence-corrected chi connectivity index (χ1v) is 13.8. The fraction of sp³-hybridized carbons (Fsp3) is 0.433. The zero-order valence-electron chi connectivity index (χ0n) is 23.3. The smallest absolute Gasteiger partial charge is 0.326 e. The number of benzene rings is 2. The van der Waals surface area contributed by atoms with Crippen molar-refractivity contribution in [1.29, 1.82) is 0 Å². The van der Waals surface area contributed by atoms with E-state index < -0.39 is 6.29 Å². The minimum atomic E-state index is -0.409. The van der Waals surface area contributed by atoms with Crippen LogP contribution in [0.4, 0.5) is 4.79 Å². The molecule has 2 saturated heterocycles. The molecule has 10 heteroatoms. The summed E-state index contributed by atoms with van der Waals surface area (Å²) in [7, 11) is 1.53. The molecular formula is C30H36N4O6. The average Bonchev–Trinajstić information content (AvgIpc) is 3.22. The molecule has 0 spiro atoms. The van der Waals surface area contributed by atoms with Crippen LogP contribution in [0.2, 0.25) is 0 Å². The molecule has 212 valence electrons. The van der Waals surface area contributed by atoms with E-state index in [0.717, 1.165) is 52.7 Å². The third kappa shape index (κ3) is 5.83. The van der Waals surface area contributed by atoms with Crippen molar-refractivity contribution in [3.63, 3.8) is 0 Å². The van der Waals surface area contributed by atoms with Gasteiger partial charge in [0.05, 0.1) is 13.2 Å². The van der Waals surface area contributed by atoms with Gasteiger partial charge < -0.3 is 18.9 Å². The van der Waals surface area contributed by atoms with Gasteiger partial charge >= 0.3 is 6.03 Å². The molecule has 3 aromatic rings. The van der Waals surface area contributed by atoms with Crippen LogP contribution in [0.15, 0.2) is 42.5 Å². The lowest BCUT2D eigenvalue weighted by molar-refractivity contribution is -0.186. The summed E-state index contributed by atoms with van der Waals surface area (Å²) in [6, 6.07) is 13.1. The zero-order valence-corrected chi connectivity index (χ0v) is 23.3. The summed E-state index contributed by atoms with van der Waals surface area (Å²) in [6.45, 7) is 6.51. The van der Waals surface area contributed by atoms with Crippen molar-refractivity contribution >= 4 is 28.7 Å². The molecule has 2 aromatic carbocycles. The number of aryl methyl sites for hydroxylation is 1. The van der Waals surface area contributed by atoms with Gasteiger partial charge in [-0.3, -0.25) is 14.5 Å². The van der Waals surface area contributed by atoms with E-state index in [0.29, 0.717) is 44.8 Å². The van der Waals surface area contributed by atoms with Gasteiger partial charge in [0.1, 0.15) is 5.75 Å².